The normalized spacial score (nSPS) is 14.1. The average molecular weight is 392 g/mol. The van der Waals surface area contributed by atoms with Crippen LogP contribution in [0.5, 0.6) is 5.75 Å². The molecule has 0 radical (unpaired) electrons. The first-order valence-corrected chi connectivity index (χ1v) is 8.95. The molecule has 6 nitrogen and oxygen atoms in total. The van der Waals surface area contributed by atoms with Crippen LogP contribution in [0.1, 0.15) is 35.1 Å². The number of carbonyl (C=O) groups is 2. The third-order valence-corrected chi connectivity index (χ3v) is 4.42. The number of aromatic nitrogens is 2. The number of carbonyl (C=O) groups excluding carboxylic acids is 1. The van der Waals surface area contributed by atoms with Gasteiger partial charge in [-0.25, -0.2) is 4.79 Å². The summed E-state index contributed by atoms with van der Waals surface area (Å²) < 4.78 is 39.5. The SMILES string of the molecule is [2H]C([2H])(CC(=O)O)C([2H])([2H])Cn1c(C(=O)Oc2cccc3cccnc23)cc2ccccc21. The second-order valence-corrected chi connectivity index (χ2v) is 6.32. The summed E-state index contributed by atoms with van der Waals surface area (Å²) in [6.45, 7) is -0.584. The van der Waals surface area contributed by atoms with Gasteiger partial charge < -0.3 is 14.4 Å². The number of ether oxygens (including phenoxy) is 1. The lowest BCUT2D eigenvalue weighted by Gasteiger charge is -2.11. The van der Waals surface area contributed by atoms with Gasteiger partial charge in [0.05, 0.1) is 0 Å². The molecule has 0 bridgehead atoms. The van der Waals surface area contributed by atoms with Crippen LogP contribution in [0.4, 0.5) is 0 Å². The van der Waals surface area contributed by atoms with E-state index in [-0.39, 0.29) is 11.4 Å². The Morgan fingerprint density at radius 2 is 1.83 bits per heavy atom. The number of carboxylic acid groups (broad SMARTS) is 1. The van der Waals surface area contributed by atoms with Crippen LogP contribution < -0.4 is 4.74 Å². The van der Waals surface area contributed by atoms with Crippen LogP contribution in [0, 0.1) is 0 Å². The number of hydrogen-bond acceptors (Lipinski definition) is 4. The lowest BCUT2D eigenvalue weighted by Crippen LogP contribution is -2.15. The van der Waals surface area contributed by atoms with Crippen molar-refractivity contribution in [3.63, 3.8) is 0 Å². The van der Waals surface area contributed by atoms with Crippen LogP contribution >= 0.6 is 0 Å². The first kappa shape index (κ1) is 14.3. The largest absolute Gasteiger partial charge is 0.481 e. The van der Waals surface area contributed by atoms with Crippen molar-refractivity contribution in [1.29, 1.82) is 0 Å². The number of aliphatic carboxylic acids is 1. The third kappa shape index (κ3) is 3.96. The molecule has 0 fully saturated rings. The maximum Gasteiger partial charge on any atom is 0.360 e. The van der Waals surface area contributed by atoms with Crippen LogP contribution in [0.2, 0.25) is 0 Å². The fraction of sp³-hybridized carbons (Fsp3) is 0.174. The number of nitrogens with zero attached hydrogens (tertiary/aromatic N) is 2. The van der Waals surface area contributed by atoms with Gasteiger partial charge in [-0.2, -0.15) is 0 Å². The van der Waals surface area contributed by atoms with E-state index in [4.69, 9.17) is 15.3 Å². The Morgan fingerprint density at radius 3 is 2.69 bits per heavy atom. The van der Waals surface area contributed by atoms with Crippen molar-refractivity contribution in [2.75, 3.05) is 0 Å². The van der Waals surface area contributed by atoms with E-state index < -0.39 is 37.7 Å². The molecule has 2 aromatic carbocycles. The molecule has 0 aliphatic rings. The Hall–Kier alpha value is -3.67. The maximum atomic E-state index is 13.2. The van der Waals surface area contributed by atoms with Gasteiger partial charge in [-0.1, -0.05) is 36.4 Å². The van der Waals surface area contributed by atoms with E-state index in [0.29, 0.717) is 16.4 Å². The Bertz CT molecular complexity index is 1360. The molecule has 29 heavy (non-hydrogen) atoms. The molecule has 0 saturated carbocycles. The molecule has 6 heteroatoms. The molecule has 1 N–H and O–H groups in total. The van der Waals surface area contributed by atoms with Crippen molar-refractivity contribution in [2.24, 2.45) is 0 Å². The van der Waals surface area contributed by atoms with Crippen LogP contribution in [0.3, 0.4) is 0 Å². The summed E-state index contributed by atoms with van der Waals surface area (Å²) in [5, 5.41) is 10.4. The summed E-state index contributed by atoms with van der Waals surface area (Å²) in [5.41, 5.74) is 0.999. The lowest BCUT2D eigenvalue weighted by molar-refractivity contribution is -0.137. The zero-order valence-electron chi connectivity index (χ0n) is 19.3. The highest BCUT2D eigenvalue weighted by Gasteiger charge is 2.18. The van der Waals surface area contributed by atoms with Crippen molar-refractivity contribution in [3.8, 4) is 5.75 Å². The lowest BCUT2D eigenvalue weighted by atomic mass is 10.2. The Balaban J connectivity index is 1.75. The molecule has 0 atom stereocenters. The van der Waals surface area contributed by atoms with Gasteiger partial charge in [0, 0.05) is 40.9 Å². The predicted octanol–water partition coefficient (Wildman–Crippen LogP) is 4.66. The van der Waals surface area contributed by atoms with Gasteiger partial charge in [0.2, 0.25) is 0 Å². The molecule has 0 saturated heterocycles. The number of para-hydroxylation sites is 2. The number of esters is 1. The molecular formula is C23H20N2O4. The molecule has 4 aromatic rings. The molecule has 4 rings (SSSR count). The minimum absolute atomic E-state index is 0.0131. The Kier molecular flexibility index (Phi) is 4.03. The van der Waals surface area contributed by atoms with Gasteiger partial charge in [0.25, 0.3) is 0 Å². The minimum atomic E-state index is -2.68. The summed E-state index contributed by atoms with van der Waals surface area (Å²) >= 11 is 0. The summed E-state index contributed by atoms with van der Waals surface area (Å²) in [4.78, 5) is 28.5. The zero-order valence-corrected chi connectivity index (χ0v) is 15.3. The molecule has 146 valence electrons. The Morgan fingerprint density at radius 1 is 1.03 bits per heavy atom. The van der Waals surface area contributed by atoms with Crippen molar-refractivity contribution >= 4 is 33.7 Å². The fourth-order valence-corrected chi connectivity index (χ4v) is 3.13. The highest BCUT2D eigenvalue weighted by molar-refractivity contribution is 5.98. The number of aryl methyl sites for hydroxylation is 1. The monoisotopic (exact) mass is 392 g/mol. The molecule has 0 unspecified atom stereocenters. The van der Waals surface area contributed by atoms with Gasteiger partial charge in [-0.05, 0) is 37.0 Å². The first-order chi connectivity index (χ1) is 15.6. The van der Waals surface area contributed by atoms with Gasteiger partial charge >= 0.3 is 11.9 Å². The summed E-state index contributed by atoms with van der Waals surface area (Å²) in [7, 11) is 0. The third-order valence-electron chi connectivity index (χ3n) is 4.42. The van der Waals surface area contributed by atoms with E-state index in [1.54, 1.807) is 54.7 Å². The van der Waals surface area contributed by atoms with Gasteiger partial charge in [0.1, 0.15) is 11.2 Å². The number of carboxylic acids is 1. The van der Waals surface area contributed by atoms with E-state index >= 15 is 0 Å². The van der Waals surface area contributed by atoms with Gasteiger partial charge in [0.15, 0.2) is 5.75 Å². The number of hydrogen-bond donors (Lipinski definition) is 1. The van der Waals surface area contributed by atoms with Crippen LogP contribution in [0.25, 0.3) is 21.8 Å². The number of fused-ring (bicyclic) bond motifs is 2. The van der Waals surface area contributed by atoms with E-state index in [0.717, 1.165) is 5.39 Å². The molecule has 2 heterocycles. The maximum absolute atomic E-state index is 13.2. The van der Waals surface area contributed by atoms with E-state index in [1.807, 2.05) is 12.1 Å². The van der Waals surface area contributed by atoms with Gasteiger partial charge in [-0.3, -0.25) is 9.78 Å². The Labute approximate surface area is 173 Å². The second-order valence-electron chi connectivity index (χ2n) is 6.32. The van der Waals surface area contributed by atoms with E-state index in [1.165, 1.54) is 4.57 Å². The number of pyridine rings is 1. The van der Waals surface area contributed by atoms with Crippen molar-refractivity contribution in [1.82, 2.24) is 9.55 Å². The average Bonchev–Trinajstić information content (AvgIpc) is 3.11. The van der Waals surface area contributed by atoms with Crippen molar-refractivity contribution < 1.29 is 24.9 Å². The van der Waals surface area contributed by atoms with Crippen LogP contribution in [0.15, 0.2) is 66.9 Å². The van der Waals surface area contributed by atoms with Crippen molar-refractivity contribution in [3.05, 3.63) is 72.6 Å². The molecule has 0 aliphatic carbocycles. The van der Waals surface area contributed by atoms with Crippen LogP contribution in [-0.4, -0.2) is 26.6 Å². The highest BCUT2D eigenvalue weighted by atomic mass is 16.5. The van der Waals surface area contributed by atoms with Gasteiger partial charge in [-0.15, -0.1) is 0 Å². The topological polar surface area (TPSA) is 81.4 Å². The smallest absolute Gasteiger partial charge is 0.360 e. The van der Waals surface area contributed by atoms with Crippen molar-refractivity contribution in [2.45, 2.75) is 25.7 Å². The summed E-state index contributed by atoms with van der Waals surface area (Å²) in [6, 6.07) is 17.2. The van der Waals surface area contributed by atoms with Crippen LogP contribution in [-0.2, 0) is 11.3 Å². The summed E-state index contributed by atoms with van der Waals surface area (Å²) in [5.74, 6) is -1.98. The number of benzene rings is 2. The number of rotatable bonds is 7. The molecule has 2 aromatic heterocycles. The highest BCUT2D eigenvalue weighted by Crippen LogP contribution is 2.26. The molecule has 0 spiro atoms. The molecule has 0 amide bonds. The van der Waals surface area contributed by atoms with E-state index in [9.17, 15) is 9.59 Å². The minimum Gasteiger partial charge on any atom is -0.481 e. The second kappa shape index (κ2) is 8.14. The first-order valence-electron chi connectivity index (χ1n) is 11.0. The fourth-order valence-electron chi connectivity index (χ4n) is 3.13. The van der Waals surface area contributed by atoms with E-state index in [2.05, 4.69) is 4.98 Å². The predicted molar refractivity (Wildman–Crippen MR) is 110 cm³/mol. The quantitative estimate of drug-likeness (QED) is 0.365. The molecule has 0 aliphatic heterocycles. The molecular weight excluding hydrogens is 368 g/mol. The zero-order chi connectivity index (χ0) is 23.8. The summed E-state index contributed by atoms with van der Waals surface area (Å²) in [6.07, 6.45) is -4.70. The standard InChI is InChI=1S/C23H20N2O4/c26-21(27)12-3-4-14-25-18-10-2-1-7-17(18)15-19(25)23(28)29-20-11-5-8-16-9-6-13-24-22(16)20/h1-2,5-11,13,15H,3-4,12,14H2,(H,26,27)/i3D2,4D2.